The summed E-state index contributed by atoms with van der Waals surface area (Å²) in [4.78, 5) is 13.1. The Labute approximate surface area is 91.6 Å². The lowest BCUT2D eigenvalue weighted by atomic mass is 10.1. The van der Waals surface area contributed by atoms with Crippen LogP contribution in [0.5, 0.6) is 0 Å². The number of hydrogen-bond donors (Lipinski definition) is 2. The fraction of sp³-hybridized carbons (Fsp3) is 0.909. The maximum Gasteiger partial charge on any atom is 0.304 e. The van der Waals surface area contributed by atoms with Crippen molar-refractivity contribution in [2.45, 2.75) is 51.7 Å². The molecule has 1 rings (SSSR count). The monoisotopic (exact) mass is 214 g/mol. The Morgan fingerprint density at radius 2 is 2.27 bits per heavy atom. The van der Waals surface area contributed by atoms with Gasteiger partial charge >= 0.3 is 5.97 Å². The molecule has 1 fully saturated rings. The molecule has 4 heteroatoms. The van der Waals surface area contributed by atoms with Crippen molar-refractivity contribution in [2.75, 3.05) is 13.1 Å². The molecule has 2 N–H and O–H groups in total. The van der Waals surface area contributed by atoms with E-state index >= 15 is 0 Å². The first-order chi connectivity index (χ1) is 7.00. The zero-order valence-corrected chi connectivity index (χ0v) is 9.86. The van der Waals surface area contributed by atoms with Crippen LogP contribution in [0.1, 0.15) is 33.6 Å². The van der Waals surface area contributed by atoms with Crippen molar-refractivity contribution in [3.8, 4) is 0 Å². The fourth-order valence-corrected chi connectivity index (χ4v) is 2.23. The number of carboxylic acids is 1. The molecule has 0 aromatic rings. The van der Waals surface area contributed by atoms with Gasteiger partial charge in [0.1, 0.15) is 0 Å². The fourth-order valence-electron chi connectivity index (χ4n) is 2.23. The summed E-state index contributed by atoms with van der Waals surface area (Å²) in [5, 5.41) is 12.1. The predicted molar refractivity (Wildman–Crippen MR) is 60.0 cm³/mol. The van der Waals surface area contributed by atoms with E-state index in [1.165, 1.54) is 0 Å². The molecule has 0 aromatic heterocycles. The minimum absolute atomic E-state index is 0.0925. The van der Waals surface area contributed by atoms with Crippen LogP contribution < -0.4 is 5.32 Å². The molecule has 1 heterocycles. The van der Waals surface area contributed by atoms with Gasteiger partial charge in [0.05, 0.1) is 6.42 Å². The van der Waals surface area contributed by atoms with Crippen molar-refractivity contribution in [3.63, 3.8) is 0 Å². The van der Waals surface area contributed by atoms with E-state index in [0.717, 1.165) is 19.5 Å². The number of rotatable bonds is 3. The van der Waals surface area contributed by atoms with Gasteiger partial charge in [0, 0.05) is 24.7 Å². The van der Waals surface area contributed by atoms with Gasteiger partial charge in [0.15, 0.2) is 0 Å². The Hall–Kier alpha value is -0.610. The Morgan fingerprint density at radius 1 is 1.60 bits per heavy atom. The summed E-state index contributed by atoms with van der Waals surface area (Å²) in [6.07, 6.45) is 1.31. The normalized spacial score (nSPS) is 29.1. The third-order valence-corrected chi connectivity index (χ3v) is 3.08. The second kappa shape index (κ2) is 5.47. The van der Waals surface area contributed by atoms with E-state index in [2.05, 4.69) is 31.0 Å². The molecule has 0 bridgehead atoms. The molecule has 0 aliphatic carbocycles. The van der Waals surface area contributed by atoms with Gasteiger partial charge < -0.3 is 10.4 Å². The van der Waals surface area contributed by atoms with E-state index in [9.17, 15) is 4.79 Å². The summed E-state index contributed by atoms with van der Waals surface area (Å²) in [6, 6.07) is 1.11. The second-order valence-corrected chi connectivity index (χ2v) is 4.68. The lowest BCUT2D eigenvalue weighted by Gasteiger charge is -2.32. The number of carboxylic acid groups (broad SMARTS) is 1. The smallest absolute Gasteiger partial charge is 0.304 e. The van der Waals surface area contributed by atoms with Crippen LogP contribution in [-0.4, -0.2) is 47.2 Å². The van der Waals surface area contributed by atoms with E-state index in [4.69, 9.17) is 5.11 Å². The Kier molecular flexibility index (Phi) is 4.54. The summed E-state index contributed by atoms with van der Waals surface area (Å²) >= 11 is 0. The predicted octanol–water partition coefficient (Wildman–Crippen LogP) is 0.922. The van der Waals surface area contributed by atoms with Crippen LogP contribution in [0.2, 0.25) is 0 Å². The highest BCUT2D eigenvalue weighted by molar-refractivity contribution is 5.67. The molecule has 0 radical (unpaired) electrons. The van der Waals surface area contributed by atoms with Gasteiger partial charge in [-0.25, -0.2) is 0 Å². The van der Waals surface area contributed by atoms with Gasteiger partial charge in [0.25, 0.3) is 0 Å². The number of nitrogens with zero attached hydrogens (tertiary/aromatic N) is 1. The van der Waals surface area contributed by atoms with E-state index in [1.807, 2.05) is 0 Å². The largest absolute Gasteiger partial charge is 0.481 e. The molecule has 15 heavy (non-hydrogen) atoms. The van der Waals surface area contributed by atoms with E-state index in [-0.39, 0.29) is 12.5 Å². The standard InChI is InChI=1S/C11H22N2O2/c1-8(2)13-7-10(6-11(14)15)12-5-4-9(13)3/h8-10,12H,4-7H2,1-3H3,(H,14,15). The third kappa shape index (κ3) is 3.80. The topological polar surface area (TPSA) is 52.6 Å². The zero-order chi connectivity index (χ0) is 11.4. The van der Waals surface area contributed by atoms with Crippen LogP contribution in [0, 0.1) is 0 Å². The first-order valence-corrected chi connectivity index (χ1v) is 5.71. The van der Waals surface area contributed by atoms with Gasteiger partial charge in [0.2, 0.25) is 0 Å². The average molecular weight is 214 g/mol. The maximum atomic E-state index is 10.7. The summed E-state index contributed by atoms with van der Waals surface area (Å²) in [5.74, 6) is -0.717. The van der Waals surface area contributed by atoms with Gasteiger partial charge in [-0.15, -0.1) is 0 Å². The van der Waals surface area contributed by atoms with Crippen molar-refractivity contribution in [2.24, 2.45) is 0 Å². The number of aliphatic carboxylic acids is 1. The lowest BCUT2D eigenvalue weighted by Crippen LogP contribution is -2.44. The Bertz CT molecular complexity index is 219. The Morgan fingerprint density at radius 3 is 2.80 bits per heavy atom. The Balaban J connectivity index is 2.58. The van der Waals surface area contributed by atoms with Crippen molar-refractivity contribution < 1.29 is 9.90 Å². The third-order valence-electron chi connectivity index (χ3n) is 3.08. The minimum Gasteiger partial charge on any atom is -0.481 e. The van der Waals surface area contributed by atoms with E-state index in [0.29, 0.717) is 12.1 Å². The van der Waals surface area contributed by atoms with Crippen LogP contribution >= 0.6 is 0 Å². The van der Waals surface area contributed by atoms with E-state index in [1.54, 1.807) is 0 Å². The quantitative estimate of drug-likeness (QED) is 0.733. The highest BCUT2D eigenvalue weighted by Gasteiger charge is 2.25. The molecule has 0 saturated carbocycles. The minimum atomic E-state index is -0.717. The van der Waals surface area contributed by atoms with Gasteiger partial charge in [-0.1, -0.05) is 0 Å². The van der Waals surface area contributed by atoms with Crippen LogP contribution in [0.4, 0.5) is 0 Å². The van der Waals surface area contributed by atoms with Gasteiger partial charge in [-0.3, -0.25) is 9.69 Å². The molecule has 0 spiro atoms. The average Bonchev–Trinajstić information content (AvgIpc) is 2.27. The van der Waals surface area contributed by atoms with Crippen molar-refractivity contribution in [1.82, 2.24) is 10.2 Å². The van der Waals surface area contributed by atoms with Crippen molar-refractivity contribution in [1.29, 1.82) is 0 Å². The summed E-state index contributed by atoms with van der Waals surface area (Å²) in [7, 11) is 0. The van der Waals surface area contributed by atoms with Crippen LogP contribution in [-0.2, 0) is 4.79 Å². The molecule has 0 amide bonds. The van der Waals surface area contributed by atoms with E-state index < -0.39 is 5.97 Å². The first kappa shape index (κ1) is 12.5. The summed E-state index contributed by atoms with van der Waals surface area (Å²) < 4.78 is 0. The number of carbonyl (C=O) groups is 1. The molecular weight excluding hydrogens is 192 g/mol. The summed E-state index contributed by atoms with van der Waals surface area (Å²) in [5.41, 5.74) is 0. The van der Waals surface area contributed by atoms with Crippen molar-refractivity contribution >= 4 is 5.97 Å². The molecule has 2 atom stereocenters. The van der Waals surface area contributed by atoms with Crippen LogP contribution in [0.3, 0.4) is 0 Å². The second-order valence-electron chi connectivity index (χ2n) is 4.68. The number of nitrogens with one attached hydrogen (secondary N) is 1. The molecule has 1 aliphatic rings. The summed E-state index contributed by atoms with van der Waals surface area (Å²) in [6.45, 7) is 8.30. The van der Waals surface area contributed by atoms with Crippen LogP contribution in [0.15, 0.2) is 0 Å². The van der Waals surface area contributed by atoms with Crippen molar-refractivity contribution in [3.05, 3.63) is 0 Å². The zero-order valence-electron chi connectivity index (χ0n) is 9.86. The molecule has 1 aliphatic heterocycles. The molecular formula is C11H22N2O2. The molecule has 4 nitrogen and oxygen atoms in total. The molecule has 88 valence electrons. The molecule has 0 aromatic carbocycles. The molecule has 2 unspecified atom stereocenters. The lowest BCUT2D eigenvalue weighted by molar-refractivity contribution is -0.137. The SMILES string of the molecule is CC(C)N1CC(CC(=O)O)NCCC1C. The van der Waals surface area contributed by atoms with Gasteiger partial charge in [-0.2, -0.15) is 0 Å². The molecule has 1 saturated heterocycles. The van der Waals surface area contributed by atoms with Crippen LogP contribution in [0.25, 0.3) is 0 Å². The number of hydrogen-bond acceptors (Lipinski definition) is 3. The highest BCUT2D eigenvalue weighted by atomic mass is 16.4. The maximum absolute atomic E-state index is 10.7. The van der Waals surface area contributed by atoms with Gasteiger partial charge in [-0.05, 0) is 33.7 Å². The highest BCUT2D eigenvalue weighted by Crippen LogP contribution is 2.13. The first-order valence-electron chi connectivity index (χ1n) is 5.71.